The van der Waals surface area contributed by atoms with Crippen LogP contribution in [-0.2, 0) is 30.4 Å². The Hall–Kier alpha value is -3.18. The Morgan fingerprint density at radius 3 is 2.40 bits per heavy atom. The number of nitrogens with one attached hydrogen (secondary N) is 2. The number of hydrogen-bond acceptors (Lipinski definition) is 7. The average molecular weight is 624 g/mol. The Morgan fingerprint density at radius 2 is 1.74 bits per heavy atom. The van der Waals surface area contributed by atoms with Crippen molar-refractivity contribution in [3.05, 3.63) is 35.4 Å². The number of benzene rings is 1. The Labute approximate surface area is 262 Å². The predicted molar refractivity (Wildman–Crippen MR) is 169 cm³/mol. The molecule has 0 aromatic heterocycles. The van der Waals surface area contributed by atoms with Gasteiger partial charge in [-0.25, -0.2) is 4.79 Å². The van der Waals surface area contributed by atoms with Crippen molar-refractivity contribution in [3.63, 3.8) is 0 Å². The normalized spacial score (nSPS) is 15.5. The van der Waals surface area contributed by atoms with E-state index in [0.717, 1.165) is 44.1 Å². The van der Waals surface area contributed by atoms with Crippen molar-refractivity contribution in [1.82, 2.24) is 15.5 Å². The standard InChI is InChI=1S/C31H49N5O6.ClH/c1-5-7-8-9-18-42-31(40)35-28(32)24-14-12-23(13-15-24)20-34-29(38)26-11-10-16-36(26)30(39)25(19-22(3)4)33-21-27(37)41-17-6-2;/h12-15,22,25-26,33H,5-11,16-21H2,1-4H3,(H,34,38)(H2,32,35,40);1H/t25-,26+;/m1./s1. The van der Waals surface area contributed by atoms with Crippen LogP contribution >= 0.6 is 12.4 Å². The van der Waals surface area contributed by atoms with Gasteiger partial charge in [-0.15, -0.1) is 12.4 Å². The highest BCUT2D eigenvalue weighted by Gasteiger charge is 2.37. The number of unbranched alkanes of at least 4 members (excludes halogenated alkanes) is 3. The third-order valence-corrected chi connectivity index (χ3v) is 6.96. The van der Waals surface area contributed by atoms with Gasteiger partial charge in [0.1, 0.15) is 11.9 Å². The van der Waals surface area contributed by atoms with Crippen molar-refractivity contribution in [1.29, 1.82) is 0 Å². The Morgan fingerprint density at radius 1 is 1.02 bits per heavy atom. The summed E-state index contributed by atoms with van der Waals surface area (Å²) in [5.41, 5.74) is 7.38. The van der Waals surface area contributed by atoms with Gasteiger partial charge in [0.15, 0.2) is 0 Å². The van der Waals surface area contributed by atoms with Gasteiger partial charge in [-0.2, -0.15) is 4.99 Å². The van der Waals surface area contributed by atoms with Crippen LogP contribution in [0.5, 0.6) is 0 Å². The summed E-state index contributed by atoms with van der Waals surface area (Å²) in [6.07, 6.45) is 5.87. The smallest absolute Gasteiger partial charge is 0.435 e. The molecule has 43 heavy (non-hydrogen) atoms. The van der Waals surface area contributed by atoms with Crippen molar-refractivity contribution >= 4 is 42.1 Å². The molecular weight excluding hydrogens is 574 g/mol. The summed E-state index contributed by atoms with van der Waals surface area (Å²) < 4.78 is 10.2. The number of ether oxygens (including phenoxy) is 2. The monoisotopic (exact) mass is 623 g/mol. The Balaban J connectivity index is 0.00000924. The second kappa shape index (κ2) is 20.7. The number of aliphatic imine (C=N–C) groups is 1. The number of rotatable bonds is 17. The number of likely N-dealkylation sites (tertiary alicyclic amines) is 1. The molecule has 0 aliphatic carbocycles. The lowest BCUT2D eigenvalue weighted by molar-refractivity contribution is -0.144. The summed E-state index contributed by atoms with van der Waals surface area (Å²) in [7, 11) is 0. The molecule has 0 unspecified atom stereocenters. The Bertz CT molecular complexity index is 1050. The van der Waals surface area contributed by atoms with E-state index >= 15 is 0 Å². The van der Waals surface area contributed by atoms with Gasteiger partial charge < -0.3 is 25.4 Å². The molecule has 0 saturated carbocycles. The van der Waals surface area contributed by atoms with E-state index in [2.05, 4.69) is 22.5 Å². The van der Waals surface area contributed by atoms with Crippen LogP contribution in [0.2, 0.25) is 0 Å². The molecule has 1 aromatic carbocycles. The third-order valence-electron chi connectivity index (χ3n) is 6.96. The zero-order valence-electron chi connectivity index (χ0n) is 26.1. The largest absolute Gasteiger partial charge is 0.465 e. The first-order valence-corrected chi connectivity index (χ1v) is 15.2. The van der Waals surface area contributed by atoms with Crippen molar-refractivity contribution in [2.45, 2.75) is 97.7 Å². The quantitative estimate of drug-likeness (QED) is 0.102. The highest BCUT2D eigenvalue weighted by molar-refractivity contribution is 6.02. The van der Waals surface area contributed by atoms with Gasteiger partial charge in [-0.1, -0.05) is 71.2 Å². The number of esters is 1. The van der Waals surface area contributed by atoms with E-state index in [0.29, 0.717) is 38.2 Å². The minimum atomic E-state index is -0.710. The lowest BCUT2D eigenvalue weighted by atomic mass is 10.0. The first kappa shape index (κ1) is 37.8. The highest BCUT2D eigenvalue weighted by atomic mass is 35.5. The van der Waals surface area contributed by atoms with Gasteiger partial charge in [0.05, 0.1) is 25.8 Å². The number of carbonyl (C=O) groups is 4. The number of nitrogens with zero attached hydrogens (tertiary/aromatic N) is 2. The number of amides is 3. The van der Waals surface area contributed by atoms with Crippen LogP contribution in [0.15, 0.2) is 29.3 Å². The van der Waals surface area contributed by atoms with E-state index < -0.39 is 24.1 Å². The molecule has 1 aliphatic rings. The Kier molecular flexibility index (Phi) is 18.2. The fourth-order valence-corrected chi connectivity index (χ4v) is 4.70. The number of halogens is 1. The number of hydrogen-bond donors (Lipinski definition) is 3. The van der Waals surface area contributed by atoms with E-state index in [1.807, 2.05) is 20.8 Å². The molecule has 1 saturated heterocycles. The first-order valence-electron chi connectivity index (χ1n) is 15.2. The molecule has 1 heterocycles. The molecule has 0 bridgehead atoms. The van der Waals surface area contributed by atoms with Gasteiger partial charge in [0.25, 0.3) is 0 Å². The summed E-state index contributed by atoms with van der Waals surface area (Å²) in [4.78, 5) is 55.9. The fourth-order valence-electron chi connectivity index (χ4n) is 4.70. The van der Waals surface area contributed by atoms with E-state index in [1.54, 1.807) is 29.2 Å². The van der Waals surface area contributed by atoms with Crippen molar-refractivity contribution in [3.8, 4) is 0 Å². The first-order chi connectivity index (χ1) is 20.2. The van der Waals surface area contributed by atoms with Crippen LogP contribution in [-0.4, -0.2) is 73.0 Å². The molecule has 3 amide bonds. The van der Waals surface area contributed by atoms with Gasteiger partial charge in [-0.3, -0.25) is 19.7 Å². The van der Waals surface area contributed by atoms with Crippen LogP contribution in [0.4, 0.5) is 4.79 Å². The summed E-state index contributed by atoms with van der Waals surface area (Å²) >= 11 is 0. The maximum atomic E-state index is 13.4. The molecule has 0 spiro atoms. The van der Waals surface area contributed by atoms with Crippen LogP contribution in [0.25, 0.3) is 0 Å². The van der Waals surface area contributed by atoms with Gasteiger partial charge in [0.2, 0.25) is 11.8 Å². The fraction of sp³-hybridized carbons (Fsp3) is 0.645. The summed E-state index contributed by atoms with van der Waals surface area (Å²) in [6.45, 7) is 9.42. The number of nitrogens with two attached hydrogens (primary N) is 1. The van der Waals surface area contributed by atoms with Crippen LogP contribution in [0.3, 0.4) is 0 Å². The molecule has 11 nitrogen and oxygen atoms in total. The maximum Gasteiger partial charge on any atom is 0.435 e. The molecular formula is C31H50ClN5O6. The molecule has 12 heteroatoms. The minimum Gasteiger partial charge on any atom is -0.465 e. The maximum absolute atomic E-state index is 13.4. The predicted octanol–water partition coefficient (Wildman–Crippen LogP) is 4.10. The molecule has 2 atom stereocenters. The number of carbonyl (C=O) groups excluding carboxylic acids is 4. The van der Waals surface area contributed by atoms with Crippen molar-refractivity contribution in [2.24, 2.45) is 16.6 Å². The van der Waals surface area contributed by atoms with E-state index in [1.165, 1.54) is 0 Å². The molecule has 4 N–H and O–H groups in total. The highest BCUT2D eigenvalue weighted by Crippen LogP contribution is 2.21. The summed E-state index contributed by atoms with van der Waals surface area (Å²) in [6, 6.07) is 5.90. The van der Waals surface area contributed by atoms with Gasteiger partial charge >= 0.3 is 12.1 Å². The average Bonchev–Trinajstić information content (AvgIpc) is 3.46. The molecule has 1 aliphatic heterocycles. The van der Waals surface area contributed by atoms with E-state index in [9.17, 15) is 19.2 Å². The van der Waals surface area contributed by atoms with Gasteiger partial charge in [-0.05, 0) is 43.6 Å². The lowest BCUT2D eigenvalue weighted by Gasteiger charge is -2.29. The minimum absolute atomic E-state index is 0. The molecule has 0 radical (unpaired) electrons. The van der Waals surface area contributed by atoms with E-state index in [4.69, 9.17) is 15.2 Å². The molecule has 1 aromatic rings. The summed E-state index contributed by atoms with van der Waals surface area (Å²) in [5, 5.41) is 5.99. The van der Waals surface area contributed by atoms with Crippen molar-refractivity contribution < 1.29 is 28.7 Å². The number of amidine groups is 1. The second-order valence-corrected chi connectivity index (χ2v) is 11.1. The molecule has 1 fully saturated rings. The van der Waals surface area contributed by atoms with Crippen LogP contribution in [0, 0.1) is 5.92 Å². The van der Waals surface area contributed by atoms with E-state index in [-0.39, 0.29) is 49.1 Å². The zero-order chi connectivity index (χ0) is 30.9. The SMILES string of the molecule is CCCCCCOC(=O)N=C(N)c1ccc(CNC(=O)[C@@H]2CCCN2C(=O)[C@@H](CC(C)C)NCC(=O)OCCC)cc1.Cl. The lowest BCUT2D eigenvalue weighted by Crippen LogP contribution is -2.53. The van der Waals surface area contributed by atoms with Gasteiger partial charge in [0, 0.05) is 18.7 Å². The van der Waals surface area contributed by atoms with Crippen molar-refractivity contribution in [2.75, 3.05) is 26.3 Å². The molecule has 242 valence electrons. The van der Waals surface area contributed by atoms with Crippen LogP contribution < -0.4 is 16.4 Å². The van der Waals surface area contributed by atoms with Crippen LogP contribution in [0.1, 0.15) is 90.2 Å². The zero-order valence-corrected chi connectivity index (χ0v) is 26.9. The third kappa shape index (κ3) is 13.8. The molecule has 2 rings (SSSR count). The summed E-state index contributed by atoms with van der Waals surface area (Å²) in [5.74, 6) is -0.517. The topological polar surface area (TPSA) is 152 Å². The second-order valence-electron chi connectivity index (χ2n) is 11.1.